The number of rotatable bonds is 1. The molecule has 6 heteroatoms. The third kappa shape index (κ3) is 1.83. The number of carbonyl (C=O) groups is 1. The second-order valence-corrected chi connectivity index (χ2v) is 5.30. The van der Waals surface area contributed by atoms with E-state index in [0.29, 0.717) is 18.1 Å². The number of pyridine rings is 1. The molecule has 3 aromatic heterocycles. The van der Waals surface area contributed by atoms with Crippen molar-refractivity contribution in [2.24, 2.45) is 0 Å². The monoisotopic (exact) mass is 281 g/mol. The number of hydrogen-bond donors (Lipinski definition) is 2. The molecule has 0 saturated heterocycles. The van der Waals surface area contributed by atoms with Gasteiger partial charge in [0.15, 0.2) is 5.82 Å². The van der Waals surface area contributed by atoms with Crippen molar-refractivity contribution in [2.75, 3.05) is 6.54 Å². The van der Waals surface area contributed by atoms with Crippen LogP contribution in [0.2, 0.25) is 0 Å². The Morgan fingerprint density at radius 3 is 3.19 bits per heavy atom. The topological polar surface area (TPSA) is 75.1 Å². The van der Waals surface area contributed by atoms with Gasteiger partial charge in [-0.3, -0.25) is 9.20 Å². The molecule has 0 fully saturated rings. The Bertz CT molecular complexity index is 845. The Morgan fingerprint density at radius 1 is 1.38 bits per heavy atom. The lowest BCUT2D eigenvalue weighted by Gasteiger charge is -2.00. The lowest BCUT2D eigenvalue weighted by molar-refractivity contribution is 0.0951. The second-order valence-electron chi connectivity index (χ2n) is 5.30. The Kier molecular flexibility index (Phi) is 2.57. The number of aromatic nitrogens is 4. The van der Waals surface area contributed by atoms with Crippen LogP contribution in [0.5, 0.6) is 0 Å². The summed E-state index contributed by atoms with van der Waals surface area (Å²) in [4.78, 5) is 24.2. The van der Waals surface area contributed by atoms with E-state index in [9.17, 15) is 4.79 Å². The van der Waals surface area contributed by atoms with Crippen molar-refractivity contribution >= 4 is 11.6 Å². The van der Waals surface area contributed by atoms with Crippen LogP contribution in [0.25, 0.3) is 17.2 Å². The van der Waals surface area contributed by atoms with Crippen molar-refractivity contribution in [1.29, 1.82) is 0 Å². The number of hydrogen-bond acceptors (Lipinski definition) is 3. The summed E-state index contributed by atoms with van der Waals surface area (Å²) in [6, 6.07) is 4.00. The lowest BCUT2D eigenvalue weighted by Crippen LogP contribution is -2.23. The zero-order chi connectivity index (χ0) is 14.4. The highest BCUT2D eigenvalue weighted by atomic mass is 16.1. The molecule has 0 spiro atoms. The van der Waals surface area contributed by atoms with Crippen molar-refractivity contribution in [2.45, 2.75) is 19.8 Å². The number of carbonyl (C=O) groups excluding carboxylic acids is 1. The smallest absolute Gasteiger partial charge is 0.271 e. The van der Waals surface area contributed by atoms with Gasteiger partial charge >= 0.3 is 0 Å². The van der Waals surface area contributed by atoms with E-state index in [1.165, 1.54) is 0 Å². The van der Waals surface area contributed by atoms with Crippen LogP contribution < -0.4 is 5.32 Å². The molecule has 0 bridgehead atoms. The zero-order valence-corrected chi connectivity index (χ0v) is 11.7. The lowest BCUT2D eigenvalue weighted by atomic mass is 10.2. The molecule has 1 aliphatic rings. The average molecular weight is 281 g/mol. The minimum absolute atomic E-state index is 0.102. The quantitative estimate of drug-likeness (QED) is 0.713. The molecular weight excluding hydrogens is 266 g/mol. The maximum Gasteiger partial charge on any atom is 0.271 e. The predicted octanol–water partition coefficient (Wildman–Crippen LogP) is 1.71. The Morgan fingerprint density at radius 2 is 2.29 bits per heavy atom. The maximum absolute atomic E-state index is 12.0. The molecule has 3 aromatic rings. The average Bonchev–Trinajstić information content (AvgIpc) is 3.04. The summed E-state index contributed by atoms with van der Waals surface area (Å²) in [6.45, 7) is 2.73. The van der Waals surface area contributed by atoms with E-state index in [2.05, 4.69) is 20.3 Å². The number of aromatic amines is 1. The Labute approximate surface area is 121 Å². The van der Waals surface area contributed by atoms with Crippen molar-refractivity contribution < 1.29 is 4.79 Å². The molecule has 0 aliphatic carbocycles. The standard InChI is InChI=1S/C15H15N5O/c1-9-4-3-7-20-11(8-17-14(9)20)13-18-10-5-2-6-16-15(21)12(10)19-13/h3-4,7-8H,2,5-6H2,1H3,(H,16,21)(H,18,19). The van der Waals surface area contributed by atoms with Crippen LogP contribution in [0.1, 0.15) is 28.2 Å². The first-order valence-corrected chi connectivity index (χ1v) is 7.04. The first-order chi connectivity index (χ1) is 10.2. The fraction of sp³-hybridized carbons (Fsp3) is 0.267. The second kappa shape index (κ2) is 4.44. The predicted molar refractivity (Wildman–Crippen MR) is 78.2 cm³/mol. The van der Waals surface area contributed by atoms with Gasteiger partial charge in [-0.1, -0.05) is 6.07 Å². The third-order valence-electron chi connectivity index (χ3n) is 3.86. The summed E-state index contributed by atoms with van der Waals surface area (Å²) >= 11 is 0. The SMILES string of the molecule is Cc1cccn2c(-c3nc4c([nH]3)CCCNC4=O)cnc12. The molecule has 0 saturated carbocycles. The van der Waals surface area contributed by atoms with Crippen LogP contribution in [0.15, 0.2) is 24.5 Å². The van der Waals surface area contributed by atoms with Gasteiger partial charge in [-0.05, 0) is 31.4 Å². The number of amides is 1. The molecule has 0 radical (unpaired) electrons. The van der Waals surface area contributed by atoms with Gasteiger partial charge in [0.25, 0.3) is 5.91 Å². The van der Waals surface area contributed by atoms with Crippen LogP contribution in [-0.4, -0.2) is 31.8 Å². The first-order valence-electron chi connectivity index (χ1n) is 7.04. The highest BCUT2D eigenvalue weighted by molar-refractivity contribution is 5.94. The minimum atomic E-state index is -0.102. The van der Waals surface area contributed by atoms with Crippen molar-refractivity contribution in [3.8, 4) is 11.5 Å². The molecular formula is C15H15N5O. The number of aryl methyl sites for hydroxylation is 2. The highest BCUT2D eigenvalue weighted by Gasteiger charge is 2.21. The molecule has 0 aromatic carbocycles. The normalized spacial score (nSPS) is 14.8. The van der Waals surface area contributed by atoms with E-state index < -0.39 is 0 Å². The summed E-state index contributed by atoms with van der Waals surface area (Å²) in [7, 11) is 0. The van der Waals surface area contributed by atoms with E-state index in [1.807, 2.05) is 29.7 Å². The molecule has 1 aliphatic heterocycles. The summed E-state index contributed by atoms with van der Waals surface area (Å²) in [5, 5.41) is 2.86. The summed E-state index contributed by atoms with van der Waals surface area (Å²) in [5.74, 6) is 0.588. The third-order valence-corrected chi connectivity index (χ3v) is 3.86. The van der Waals surface area contributed by atoms with Crippen molar-refractivity contribution in [3.05, 3.63) is 41.5 Å². The summed E-state index contributed by atoms with van der Waals surface area (Å²) in [6.07, 6.45) is 5.50. The molecule has 2 N–H and O–H groups in total. The van der Waals surface area contributed by atoms with Gasteiger partial charge < -0.3 is 10.3 Å². The molecule has 21 heavy (non-hydrogen) atoms. The van der Waals surface area contributed by atoms with E-state index in [0.717, 1.165) is 35.4 Å². The van der Waals surface area contributed by atoms with Gasteiger partial charge in [-0.2, -0.15) is 0 Å². The molecule has 106 valence electrons. The van der Waals surface area contributed by atoms with Crippen LogP contribution in [0.3, 0.4) is 0 Å². The summed E-state index contributed by atoms with van der Waals surface area (Å²) < 4.78 is 1.99. The molecule has 0 unspecified atom stereocenters. The number of nitrogens with zero attached hydrogens (tertiary/aromatic N) is 3. The number of H-pyrrole nitrogens is 1. The van der Waals surface area contributed by atoms with Gasteiger partial charge in [0.1, 0.15) is 17.0 Å². The number of fused-ring (bicyclic) bond motifs is 2. The van der Waals surface area contributed by atoms with Gasteiger partial charge in [-0.25, -0.2) is 9.97 Å². The summed E-state index contributed by atoms with van der Waals surface area (Å²) in [5.41, 5.74) is 4.29. The van der Waals surface area contributed by atoms with Crippen LogP contribution >= 0.6 is 0 Å². The molecule has 4 heterocycles. The van der Waals surface area contributed by atoms with Crippen LogP contribution in [0, 0.1) is 6.92 Å². The zero-order valence-electron chi connectivity index (χ0n) is 11.7. The maximum atomic E-state index is 12.0. The van der Waals surface area contributed by atoms with Crippen molar-refractivity contribution in [3.63, 3.8) is 0 Å². The van der Waals surface area contributed by atoms with E-state index in [1.54, 1.807) is 6.20 Å². The van der Waals surface area contributed by atoms with Gasteiger partial charge in [0.2, 0.25) is 0 Å². The molecule has 4 rings (SSSR count). The Hall–Kier alpha value is -2.63. The van der Waals surface area contributed by atoms with Gasteiger partial charge in [0, 0.05) is 18.4 Å². The number of imidazole rings is 2. The first kappa shape index (κ1) is 12.1. The van der Waals surface area contributed by atoms with Gasteiger partial charge in [0.05, 0.1) is 6.20 Å². The van der Waals surface area contributed by atoms with Crippen LogP contribution in [0.4, 0.5) is 0 Å². The number of nitrogens with one attached hydrogen (secondary N) is 2. The van der Waals surface area contributed by atoms with Crippen molar-refractivity contribution in [1.82, 2.24) is 24.7 Å². The minimum Gasteiger partial charge on any atom is -0.351 e. The Balaban J connectivity index is 1.88. The highest BCUT2D eigenvalue weighted by Crippen LogP contribution is 2.22. The fourth-order valence-electron chi connectivity index (χ4n) is 2.78. The van der Waals surface area contributed by atoms with Gasteiger partial charge in [-0.15, -0.1) is 0 Å². The van der Waals surface area contributed by atoms with Crippen LogP contribution in [-0.2, 0) is 6.42 Å². The largest absolute Gasteiger partial charge is 0.351 e. The van der Waals surface area contributed by atoms with E-state index in [-0.39, 0.29) is 5.91 Å². The molecule has 6 nitrogen and oxygen atoms in total. The van der Waals surface area contributed by atoms with E-state index >= 15 is 0 Å². The molecule has 1 amide bonds. The fourth-order valence-corrected chi connectivity index (χ4v) is 2.78. The van der Waals surface area contributed by atoms with E-state index in [4.69, 9.17) is 0 Å². The molecule has 0 atom stereocenters.